The molecule has 0 bridgehead atoms. The van der Waals surface area contributed by atoms with E-state index in [1.165, 1.54) is 29.1 Å². The third-order valence-corrected chi connectivity index (χ3v) is 4.22. The molecule has 0 unspecified atom stereocenters. The number of anilines is 1. The molecule has 0 aliphatic heterocycles. The summed E-state index contributed by atoms with van der Waals surface area (Å²) in [5.74, 6) is 0.603. The molecule has 0 aromatic carbocycles. The van der Waals surface area contributed by atoms with Crippen LogP contribution < -0.4 is 10.3 Å². The van der Waals surface area contributed by atoms with Gasteiger partial charge in [0, 0.05) is 25.2 Å². The zero-order valence-electron chi connectivity index (χ0n) is 12.0. The standard InChI is InChI=1S/C13H18N4O3S/c1-3-7-17-9-10(5-6-13(17)18)16-21(19,20)12-8-14-11(4-2)15-12/h5-6,8-9,16H,3-4,7H2,1-2H3,(H,14,15). The highest BCUT2D eigenvalue weighted by atomic mass is 32.2. The van der Waals surface area contributed by atoms with Crippen LogP contribution in [0.2, 0.25) is 0 Å². The largest absolute Gasteiger partial charge is 0.332 e. The first kappa shape index (κ1) is 15.3. The molecule has 0 aliphatic carbocycles. The Kier molecular flexibility index (Phi) is 4.46. The molecule has 0 saturated carbocycles. The van der Waals surface area contributed by atoms with E-state index in [1.807, 2.05) is 13.8 Å². The van der Waals surface area contributed by atoms with Gasteiger partial charge in [-0.1, -0.05) is 13.8 Å². The van der Waals surface area contributed by atoms with Crippen molar-refractivity contribution in [1.82, 2.24) is 14.5 Å². The summed E-state index contributed by atoms with van der Waals surface area (Å²) in [5, 5.41) is 0.00703. The molecule has 0 radical (unpaired) electrons. The highest BCUT2D eigenvalue weighted by Crippen LogP contribution is 2.13. The van der Waals surface area contributed by atoms with Crippen LogP contribution in [0.4, 0.5) is 5.69 Å². The van der Waals surface area contributed by atoms with E-state index in [9.17, 15) is 13.2 Å². The Labute approximate surface area is 123 Å². The van der Waals surface area contributed by atoms with E-state index in [4.69, 9.17) is 0 Å². The molecule has 2 rings (SSSR count). The van der Waals surface area contributed by atoms with Crippen LogP contribution in [0.1, 0.15) is 26.1 Å². The predicted octanol–water partition coefficient (Wildman–Crippen LogP) is 1.34. The van der Waals surface area contributed by atoms with Crippen LogP contribution in [0.25, 0.3) is 0 Å². The first-order valence-electron chi connectivity index (χ1n) is 6.73. The Morgan fingerprint density at radius 3 is 2.71 bits per heavy atom. The van der Waals surface area contributed by atoms with E-state index >= 15 is 0 Å². The normalized spacial score (nSPS) is 11.5. The average molecular weight is 310 g/mol. The highest BCUT2D eigenvalue weighted by Gasteiger charge is 2.17. The van der Waals surface area contributed by atoms with Gasteiger partial charge in [0.2, 0.25) is 0 Å². The van der Waals surface area contributed by atoms with Gasteiger partial charge in [-0.05, 0) is 12.5 Å². The van der Waals surface area contributed by atoms with E-state index in [0.717, 1.165) is 6.42 Å². The Morgan fingerprint density at radius 1 is 1.33 bits per heavy atom. The van der Waals surface area contributed by atoms with Crippen LogP contribution in [0.3, 0.4) is 0 Å². The zero-order chi connectivity index (χ0) is 15.5. The van der Waals surface area contributed by atoms with Crippen molar-refractivity contribution in [3.8, 4) is 0 Å². The van der Waals surface area contributed by atoms with Gasteiger partial charge in [0.05, 0.1) is 11.9 Å². The van der Waals surface area contributed by atoms with Gasteiger partial charge in [0.25, 0.3) is 15.6 Å². The van der Waals surface area contributed by atoms with Crippen molar-refractivity contribution >= 4 is 15.7 Å². The van der Waals surface area contributed by atoms with Gasteiger partial charge in [-0.25, -0.2) is 4.98 Å². The van der Waals surface area contributed by atoms with E-state index in [2.05, 4.69) is 14.7 Å². The molecule has 0 saturated heterocycles. The second-order valence-corrected chi connectivity index (χ2v) is 6.25. The third kappa shape index (κ3) is 3.52. The lowest BCUT2D eigenvalue weighted by Gasteiger charge is -2.09. The summed E-state index contributed by atoms with van der Waals surface area (Å²) in [6, 6.07) is 2.79. The molecule has 0 atom stereocenters. The fourth-order valence-electron chi connectivity index (χ4n) is 1.88. The highest BCUT2D eigenvalue weighted by molar-refractivity contribution is 7.92. The molecule has 2 aromatic rings. The molecule has 114 valence electrons. The number of hydrogen-bond donors (Lipinski definition) is 2. The lowest BCUT2D eigenvalue weighted by atomic mass is 10.4. The summed E-state index contributed by atoms with van der Waals surface area (Å²) < 4.78 is 28.3. The molecule has 7 nitrogen and oxygen atoms in total. The van der Waals surface area contributed by atoms with E-state index < -0.39 is 10.0 Å². The maximum atomic E-state index is 12.2. The third-order valence-electron chi connectivity index (χ3n) is 2.93. The second kappa shape index (κ2) is 6.13. The first-order valence-corrected chi connectivity index (χ1v) is 8.21. The molecule has 0 aliphatic rings. The Bertz CT molecular complexity index is 777. The maximum absolute atomic E-state index is 12.2. The van der Waals surface area contributed by atoms with Gasteiger partial charge >= 0.3 is 0 Å². The van der Waals surface area contributed by atoms with E-state index in [1.54, 1.807) is 0 Å². The minimum atomic E-state index is -3.73. The van der Waals surface area contributed by atoms with Gasteiger partial charge in [-0.3, -0.25) is 9.52 Å². The number of H-pyrrole nitrogens is 1. The number of imidazole rings is 1. The minimum absolute atomic E-state index is 0.00703. The minimum Gasteiger partial charge on any atom is -0.332 e. The number of aromatic amines is 1. The number of aryl methyl sites for hydroxylation is 2. The maximum Gasteiger partial charge on any atom is 0.279 e. The smallest absolute Gasteiger partial charge is 0.279 e. The van der Waals surface area contributed by atoms with Crippen molar-refractivity contribution in [2.75, 3.05) is 4.72 Å². The lowest BCUT2D eigenvalue weighted by molar-refractivity contribution is 0.597. The zero-order valence-corrected chi connectivity index (χ0v) is 12.8. The van der Waals surface area contributed by atoms with Gasteiger partial charge in [-0.2, -0.15) is 8.42 Å². The molecule has 2 aromatic heterocycles. The summed E-state index contributed by atoms with van der Waals surface area (Å²) in [6.07, 6.45) is 4.19. The van der Waals surface area contributed by atoms with Gasteiger partial charge in [0.1, 0.15) is 5.82 Å². The fourth-order valence-corrected chi connectivity index (χ4v) is 2.86. The topological polar surface area (TPSA) is 96.8 Å². The first-order chi connectivity index (χ1) is 9.96. The van der Waals surface area contributed by atoms with Crippen LogP contribution in [0.15, 0.2) is 34.3 Å². The van der Waals surface area contributed by atoms with Crippen molar-refractivity contribution in [1.29, 1.82) is 0 Å². The van der Waals surface area contributed by atoms with E-state index in [-0.39, 0.29) is 10.6 Å². The van der Waals surface area contributed by atoms with Crippen molar-refractivity contribution in [3.05, 3.63) is 40.7 Å². The summed E-state index contributed by atoms with van der Waals surface area (Å²) in [4.78, 5) is 18.3. The number of pyridine rings is 1. The fraction of sp³-hybridized carbons (Fsp3) is 0.385. The molecule has 0 spiro atoms. The van der Waals surface area contributed by atoms with Crippen molar-refractivity contribution < 1.29 is 8.42 Å². The monoisotopic (exact) mass is 310 g/mol. The van der Waals surface area contributed by atoms with Crippen molar-refractivity contribution in [2.45, 2.75) is 38.3 Å². The molecule has 8 heteroatoms. The second-order valence-electron chi connectivity index (χ2n) is 4.60. The number of hydrogen-bond acceptors (Lipinski definition) is 4. The van der Waals surface area contributed by atoms with Crippen molar-refractivity contribution in [3.63, 3.8) is 0 Å². The van der Waals surface area contributed by atoms with E-state index in [0.29, 0.717) is 24.5 Å². The van der Waals surface area contributed by atoms with Crippen LogP contribution in [-0.2, 0) is 23.0 Å². The molecular formula is C13H18N4O3S. The summed E-state index contributed by atoms with van der Waals surface area (Å²) >= 11 is 0. The Balaban J connectivity index is 2.28. The summed E-state index contributed by atoms with van der Waals surface area (Å²) in [7, 11) is -3.73. The number of rotatable bonds is 6. The molecule has 21 heavy (non-hydrogen) atoms. The summed E-state index contributed by atoms with van der Waals surface area (Å²) in [5.41, 5.74) is 0.185. The van der Waals surface area contributed by atoms with Gasteiger partial charge in [-0.15, -0.1) is 0 Å². The number of sulfonamides is 1. The predicted molar refractivity (Wildman–Crippen MR) is 79.8 cm³/mol. The summed E-state index contributed by atoms with van der Waals surface area (Å²) in [6.45, 7) is 4.36. The van der Waals surface area contributed by atoms with Crippen LogP contribution in [0, 0.1) is 0 Å². The molecule has 2 heterocycles. The van der Waals surface area contributed by atoms with Gasteiger partial charge < -0.3 is 9.55 Å². The quantitative estimate of drug-likeness (QED) is 0.841. The van der Waals surface area contributed by atoms with Crippen molar-refractivity contribution in [2.24, 2.45) is 0 Å². The molecular weight excluding hydrogens is 292 g/mol. The average Bonchev–Trinajstić information content (AvgIpc) is 2.92. The number of nitrogens with one attached hydrogen (secondary N) is 2. The number of aromatic nitrogens is 3. The molecule has 0 fully saturated rings. The van der Waals surface area contributed by atoms with Crippen LogP contribution >= 0.6 is 0 Å². The Morgan fingerprint density at radius 2 is 2.10 bits per heavy atom. The Hall–Kier alpha value is -2.09. The number of nitrogens with zero attached hydrogens (tertiary/aromatic N) is 2. The SMILES string of the molecule is CCCn1cc(NS(=O)(=O)c2cnc(CC)[nH]2)ccc1=O. The molecule has 0 amide bonds. The lowest BCUT2D eigenvalue weighted by Crippen LogP contribution is -2.20. The molecule has 2 N–H and O–H groups in total. The van der Waals surface area contributed by atoms with Gasteiger partial charge in [0.15, 0.2) is 5.03 Å². The van der Waals surface area contributed by atoms with Crippen LogP contribution in [0.5, 0.6) is 0 Å². The van der Waals surface area contributed by atoms with Crippen LogP contribution in [-0.4, -0.2) is 23.0 Å².